The quantitative estimate of drug-likeness (QED) is 0.827. The maximum Gasteiger partial charge on any atom is 0.241 e. The van der Waals surface area contributed by atoms with Crippen molar-refractivity contribution in [2.75, 3.05) is 12.3 Å². The van der Waals surface area contributed by atoms with Crippen LogP contribution in [0.25, 0.3) is 0 Å². The van der Waals surface area contributed by atoms with Crippen molar-refractivity contribution < 1.29 is 17.5 Å². The topological polar surface area (TPSA) is 81.4 Å². The third-order valence-corrected chi connectivity index (χ3v) is 5.75. The molecule has 2 unspecified atom stereocenters. The number of rotatable bonds is 4. The molecular weight excluding hydrogens is 295 g/mol. The van der Waals surface area contributed by atoms with Crippen molar-refractivity contribution in [2.24, 2.45) is 5.92 Å². The molecule has 1 aliphatic carbocycles. The summed E-state index contributed by atoms with van der Waals surface area (Å²) < 4.78 is 47.0. The van der Waals surface area contributed by atoms with Gasteiger partial charge in [0.25, 0.3) is 0 Å². The number of anilines is 1. The summed E-state index contributed by atoms with van der Waals surface area (Å²) in [4.78, 5) is -0.0959. The highest BCUT2D eigenvalue weighted by Gasteiger charge is 2.42. The summed E-state index contributed by atoms with van der Waals surface area (Å²) in [6.07, 6.45) is 2.74. The van der Waals surface area contributed by atoms with Crippen LogP contribution in [0.2, 0.25) is 0 Å². The molecule has 3 N–H and O–H groups in total. The zero-order chi connectivity index (χ0) is 15.2. The SMILES string of the molecule is Cc1c(F)cc(N)cc1S(=O)(=O)NC1CCOC1C1CC1. The van der Waals surface area contributed by atoms with Crippen molar-refractivity contribution >= 4 is 15.7 Å². The molecule has 116 valence electrons. The smallest absolute Gasteiger partial charge is 0.241 e. The van der Waals surface area contributed by atoms with Crippen molar-refractivity contribution in [2.45, 2.75) is 43.2 Å². The van der Waals surface area contributed by atoms with E-state index in [1.807, 2.05) is 0 Å². The summed E-state index contributed by atoms with van der Waals surface area (Å²) in [5.74, 6) is -0.171. The van der Waals surface area contributed by atoms with E-state index in [2.05, 4.69) is 4.72 Å². The number of nitrogen functional groups attached to an aromatic ring is 1. The normalized spacial score (nSPS) is 26.2. The molecule has 1 saturated carbocycles. The van der Waals surface area contributed by atoms with E-state index in [1.165, 1.54) is 13.0 Å². The summed E-state index contributed by atoms with van der Waals surface area (Å²) >= 11 is 0. The fourth-order valence-corrected chi connectivity index (χ4v) is 4.41. The first-order valence-corrected chi connectivity index (χ1v) is 8.56. The molecule has 0 spiro atoms. The van der Waals surface area contributed by atoms with Crippen LogP contribution in [0, 0.1) is 18.7 Å². The number of nitrogens with one attached hydrogen (secondary N) is 1. The van der Waals surface area contributed by atoms with Crippen LogP contribution in [0.3, 0.4) is 0 Å². The molecule has 2 aliphatic rings. The summed E-state index contributed by atoms with van der Waals surface area (Å²) in [6.45, 7) is 1.99. The number of halogens is 1. The first-order chi connectivity index (χ1) is 9.88. The van der Waals surface area contributed by atoms with Gasteiger partial charge in [-0.3, -0.25) is 0 Å². The van der Waals surface area contributed by atoms with Crippen LogP contribution in [-0.4, -0.2) is 27.2 Å². The van der Waals surface area contributed by atoms with E-state index in [0.717, 1.165) is 18.9 Å². The van der Waals surface area contributed by atoms with Crippen LogP contribution in [0.5, 0.6) is 0 Å². The van der Waals surface area contributed by atoms with E-state index in [1.54, 1.807) is 0 Å². The van der Waals surface area contributed by atoms with Crippen LogP contribution < -0.4 is 10.5 Å². The Hall–Kier alpha value is -1.18. The lowest BCUT2D eigenvalue weighted by atomic mass is 10.1. The van der Waals surface area contributed by atoms with Crippen LogP contribution in [0.15, 0.2) is 17.0 Å². The van der Waals surface area contributed by atoms with Crippen LogP contribution in [0.1, 0.15) is 24.8 Å². The minimum Gasteiger partial charge on any atom is -0.399 e. The highest BCUT2D eigenvalue weighted by molar-refractivity contribution is 7.89. The summed E-state index contributed by atoms with van der Waals surface area (Å²) in [5.41, 5.74) is 5.74. The predicted molar refractivity (Wildman–Crippen MR) is 76.7 cm³/mol. The monoisotopic (exact) mass is 314 g/mol. The average Bonchev–Trinajstić information content (AvgIpc) is 3.14. The van der Waals surface area contributed by atoms with E-state index in [0.29, 0.717) is 18.9 Å². The second kappa shape index (κ2) is 5.23. The largest absolute Gasteiger partial charge is 0.399 e. The lowest BCUT2D eigenvalue weighted by Gasteiger charge is -2.20. The van der Waals surface area contributed by atoms with E-state index < -0.39 is 15.8 Å². The Morgan fingerprint density at radius 1 is 1.33 bits per heavy atom. The van der Waals surface area contributed by atoms with E-state index in [4.69, 9.17) is 10.5 Å². The van der Waals surface area contributed by atoms with Gasteiger partial charge in [0.1, 0.15) is 5.82 Å². The van der Waals surface area contributed by atoms with Crippen molar-refractivity contribution in [1.29, 1.82) is 0 Å². The van der Waals surface area contributed by atoms with Crippen LogP contribution >= 0.6 is 0 Å². The second-order valence-electron chi connectivity index (χ2n) is 5.82. The van der Waals surface area contributed by atoms with Gasteiger partial charge in [0, 0.05) is 17.9 Å². The molecule has 0 bridgehead atoms. The van der Waals surface area contributed by atoms with E-state index in [9.17, 15) is 12.8 Å². The fraction of sp³-hybridized carbons (Fsp3) is 0.571. The van der Waals surface area contributed by atoms with Gasteiger partial charge >= 0.3 is 0 Å². The maximum absolute atomic E-state index is 13.7. The average molecular weight is 314 g/mol. The summed E-state index contributed by atoms with van der Waals surface area (Å²) in [5, 5.41) is 0. The van der Waals surface area contributed by atoms with E-state index in [-0.39, 0.29) is 28.3 Å². The molecule has 1 saturated heterocycles. The minimum atomic E-state index is -3.81. The number of ether oxygens (including phenoxy) is 1. The number of hydrogen-bond acceptors (Lipinski definition) is 4. The van der Waals surface area contributed by atoms with Crippen molar-refractivity contribution in [3.05, 3.63) is 23.5 Å². The number of sulfonamides is 1. The Morgan fingerprint density at radius 3 is 2.71 bits per heavy atom. The molecule has 0 aromatic heterocycles. The van der Waals surface area contributed by atoms with Gasteiger partial charge in [-0.25, -0.2) is 17.5 Å². The van der Waals surface area contributed by atoms with Crippen molar-refractivity contribution in [3.63, 3.8) is 0 Å². The summed E-state index contributed by atoms with van der Waals surface area (Å²) in [6, 6.07) is 2.18. The molecular formula is C14H19FN2O3S. The van der Waals surface area contributed by atoms with Crippen LogP contribution in [0.4, 0.5) is 10.1 Å². The van der Waals surface area contributed by atoms with E-state index >= 15 is 0 Å². The van der Waals surface area contributed by atoms with Gasteiger partial charge in [-0.15, -0.1) is 0 Å². The number of hydrogen-bond donors (Lipinski definition) is 2. The van der Waals surface area contributed by atoms with Crippen molar-refractivity contribution in [3.8, 4) is 0 Å². The zero-order valence-electron chi connectivity index (χ0n) is 11.8. The Morgan fingerprint density at radius 2 is 2.05 bits per heavy atom. The molecule has 2 fully saturated rings. The fourth-order valence-electron chi connectivity index (χ4n) is 2.84. The zero-order valence-corrected chi connectivity index (χ0v) is 12.6. The highest BCUT2D eigenvalue weighted by Crippen LogP contribution is 2.39. The Balaban J connectivity index is 1.87. The molecule has 2 atom stereocenters. The molecule has 0 radical (unpaired) electrons. The van der Waals surface area contributed by atoms with Gasteiger partial charge in [-0.2, -0.15) is 0 Å². The van der Waals surface area contributed by atoms with Gasteiger partial charge < -0.3 is 10.5 Å². The molecule has 1 aromatic carbocycles. The third kappa shape index (κ3) is 2.90. The van der Waals surface area contributed by atoms with Gasteiger partial charge in [0.05, 0.1) is 17.0 Å². The standard InChI is InChI=1S/C14H19FN2O3S/c1-8-11(15)6-10(16)7-13(8)21(18,19)17-12-4-5-20-14(12)9-2-3-9/h6-7,9,12,14,17H,2-5,16H2,1H3. The van der Waals surface area contributed by atoms with Gasteiger partial charge in [0.15, 0.2) is 0 Å². The van der Waals surface area contributed by atoms with Crippen LogP contribution in [-0.2, 0) is 14.8 Å². The lowest BCUT2D eigenvalue weighted by molar-refractivity contribution is 0.0848. The molecule has 1 aliphatic heterocycles. The molecule has 1 heterocycles. The first-order valence-electron chi connectivity index (χ1n) is 7.08. The second-order valence-corrected chi connectivity index (χ2v) is 7.50. The molecule has 0 amide bonds. The Bertz CT molecular complexity index is 658. The highest BCUT2D eigenvalue weighted by atomic mass is 32.2. The predicted octanol–water partition coefficient (Wildman–Crippen LogP) is 1.56. The van der Waals surface area contributed by atoms with Gasteiger partial charge in [-0.05, 0) is 44.2 Å². The number of nitrogens with two attached hydrogens (primary N) is 1. The molecule has 21 heavy (non-hydrogen) atoms. The Labute approximate surface area is 123 Å². The Kier molecular flexibility index (Phi) is 3.67. The third-order valence-electron chi connectivity index (χ3n) is 4.14. The molecule has 5 nitrogen and oxygen atoms in total. The van der Waals surface area contributed by atoms with Gasteiger partial charge in [0.2, 0.25) is 10.0 Å². The molecule has 7 heteroatoms. The molecule has 3 rings (SSSR count). The summed E-state index contributed by atoms with van der Waals surface area (Å²) in [7, 11) is -3.81. The maximum atomic E-state index is 13.7. The molecule has 1 aromatic rings. The lowest BCUT2D eigenvalue weighted by Crippen LogP contribution is -2.41. The number of benzene rings is 1. The first kappa shape index (κ1) is 14.7. The van der Waals surface area contributed by atoms with Crippen molar-refractivity contribution in [1.82, 2.24) is 4.72 Å². The van der Waals surface area contributed by atoms with Gasteiger partial charge in [-0.1, -0.05) is 0 Å². The minimum absolute atomic E-state index is 0.0639.